The van der Waals surface area contributed by atoms with E-state index in [0.717, 1.165) is 67.8 Å². The maximum absolute atomic E-state index is 12.8. The number of fused-ring (bicyclic) bond motifs is 1. The summed E-state index contributed by atoms with van der Waals surface area (Å²) in [6.07, 6.45) is 3.59. The second-order valence-electron chi connectivity index (χ2n) is 9.12. The highest BCUT2D eigenvalue weighted by atomic mass is 16.5. The Labute approximate surface area is 180 Å². The minimum absolute atomic E-state index is 0.00474. The number of carbonyl (C=O) groups excluding carboxylic acids is 1. The number of hydrogen-bond donors (Lipinski definition) is 1. The van der Waals surface area contributed by atoms with Gasteiger partial charge in [-0.2, -0.15) is 0 Å². The lowest BCUT2D eigenvalue weighted by molar-refractivity contribution is -0.125. The van der Waals surface area contributed by atoms with Crippen molar-refractivity contribution in [2.45, 2.75) is 19.8 Å². The second-order valence-corrected chi connectivity index (χ2v) is 9.12. The Morgan fingerprint density at radius 2 is 2.00 bits per heavy atom. The van der Waals surface area contributed by atoms with Crippen molar-refractivity contribution in [3.05, 3.63) is 30.5 Å². The molecule has 0 spiro atoms. The van der Waals surface area contributed by atoms with E-state index in [1.165, 1.54) is 0 Å². The minimum atomic E-state index is 0.00474. The topological polar surface area (TPSA) is 98.1 Å². The van der Waals surface area contributed by atoms with Gasteiger partial charge < -0.3 is 15.0 Å². The van der Waals surface area contributed by atoms with Crippen molar-refractivity contribution < 1.29 is 9.53 Å². The molecule has 2 aromatic heterocycles. The van der Waals surface area contributed by atoms with Crippen molar-refractivity contribution in [3.8, 4) is 11.3 Å². The Bertz CT molecular complexity index is 1100. The third-order valence-corrected chi connectivity index (χ3v) is 6.20. The Morgan fingerprint density at radius 3 is 2.68 bits per heavy atom. The van der Waals surface area contributed by atoms with Crippen molar-refractivity contribution >= 4 is 22.6 Å². The maximum Gasteiger partial charge on any atom is 0.228 e. The first-order valence-corrected chi connectivity index (χ1v) is 10.7. The molecule has 4 heterocycles. The molecule has 1 aromatic carbocycles. The molecule has 0 saturated carbocycles. The van der Waals surface area contributed by atoms with Crippen LogP contribution in [-0.2, 0) is 16.6 Å². The number of piperidine rings is 1. The van der Waals surface area contributed by atoms with Crippen LogP contribution in [0.1, 0.15) is 19.8 Å². The number of anilines is 1. The van der Waals surface area contributed by atoms with E-state index in [4.69, 9.17) is 4.74 Å². The molecule has 3 aromatic rings. The highest BCUT2D eigenvalue weighted by Crippen LogP contribution is 2.30. The number of hydrogen-bond acceptors (Lipinski definition) is 7. The molecule has 2 aliphatic rings. The number of amides is 1. The zero-order valence-electron chi connectivity index (χ0n) is 17.9. The zero-order chi connectivity index (χ0) is 21.4. The zero-order valence-corrected chi connectivity index (χ0v) is 17.9. The summed E-state index contributed by atoms with van der Waals surface area (Å²) in [5.41, 5.74) is 2.79. The van der Waals surface area contributed by atoms with Crippen molar-refractivity contribution in [2.24, 2.45) is 18.4 Å². The van der Waals surface area contributed by atoms with Gasteiger partial charge in [-0.1, -0.05) is 18.2 Å². The molecular weight excluding hydrogens is 394 g/mol. The van der Waals surface area contributed by atoms with Crippen LogP contribution in [-0.4, -0.2) is 68.8 Å². The van der Waals surface area contributed by atoms with Gasteiger partial charge in [-0.3, -0.25) is 9.48 Å². The van der Waals surface area contributed by atoms with Crippen molar-refractivity contribution in [1.82, 2.24) is 30.1 Å². The number of likely N-dealkylation sites (tertiary alicyclic amines) is 1. The summed E-state index contributed by atoms with van der Waals surface area (Å²) < 4.78 is 7.03. The first-order valence-electron chi connectivity index (χ1n) is 10.7. The normalized spacial score (nSPS) is 19.3. The predicted octanol–water partition coefficient (Wildman–Crippen LogP) is 2.11. The quantitative estimate of drug-likeness (QED) is 0.674. The molecule has 2 saturated heterocycles. The molecule has 9 heteroatoms. The average Bonchev–Trinajstić information content (AvgIpc) is 3.19. The van der Waals surface area contributed by atoms with E-state index >= 15 is 0 Å². The van der Waals surface area contributed by atoms with Gasteiger partial charge >= 0.3 is 0 Å². The maximum atomic E-state index is 12.8. The first kappa shape index (κ1) is 20.0. The SMILES string of the molecule is Cn1cc(-c2ccc3nnc(NC(=O)C4CCN(CC5(C)COC5)CC4)cc3c2)nn1. The van der Waals surface area contributed by atoms with Gasteiger partial charge in [0.2, 0.25) is 5.91 Å². The average molecular weight is 422 g/mol. The number of nitrogens with one attached hydrogen (secondary N) is 1. The Kier molecular flexibility index (Phi) is 5.15. The third-order valence-electron chi connectivity index (χ3n) is 6.20. The van der Waals surface area contributed by atoms with E-state index in [1.54, 1.807) is 4.68 Å². The van der Waals surface area contributed by atoms with Gasteiger partial charge in [0, 0.05) is 35.9 Å². The number of ether oxygens (including phenoxy) is 1. The summed E-state index contributed by atoms with van der Waals surface area (Å²) in [6, 6.07) is 7.71. The Morgan fingerprint density at radius 1 is 1.19 bits per heavy atom. The molecule has 0 aliphatic carbocycles. The largest absolute Gasteiger partial charge is 0.380 e. The molecule has 2 fully saturated rings. The van der Waals surface area contributed by atoms with Crippen LogP contribution < -0.4 is 5.32 Å². The molecule has 1 N–H and O–H groups in total. The van der Waals surface area contributed by atoms with Gasteiger partial charge in [-0.15, -0.1) is 15.3 Å². The summed E-state index contributed by atoms with van der Waals surface area (Å²) in [6.45, 7) is 6.88. The Hall–Kier alpha value is -2.91. The van der Waals surface area contributed by atoms with Crippen molar-refractivity contribution in [1.29, 1.82) is 0 Å². The number of aryl methyl sites for hydroxylation is 1. The molecule has 31 heavy (non-hydrogen) atoms. The molecular formula is C22H27N7O2. The van der Waals surface area contributed by atoms with E-state index in [1.807, 2.05) is 37.5 Å². The lowest BCUT2D eigenvalue weighted by atomic mass is 9.86. The summed E-state index contributed by atoms with van der Waals surface area (Å²) in [5, 5.41) is 20.5. The van der Waals surface area contributed by atoms with Crippen LogP contribution in [0.3, 0.4) is 0 Å². The number of aromatic nitrogens is 5. The molecule has 0 bridgehead atoms. The van der Waals surface area contributed by atoms with Gasteiger partial charge in [0.1, 0.15) is 5.69 Å². The number of rotatable bonds is 5. The highest BCUT2D eigenvalue weighted by molar-refractivity contribution is 5.94. The van der Waals surface area contributed by atoms with Gasteiger partial charge in [0.05, 0.1) is 24.9 Å². The molecule has 0 unspecified atom stereocenters. The first-order chi connectivity index (χ1) is 15.0. The fourth-order valence-electron chi connectivity index (χ4n) is 4.41. The summed E-state index contributed by atoms with van der Waals surface area (Å²) in [5.74, 6) is 0.511. The van der Waals surface area contributed by atoms with Gasteiger partial charge in [0.15, 0.2) is 5.82 Å². The number of nitrogens with zero attached hydrogens (tertiary/aromatic N) is 6. The minimum Gasteiger partial charge on any atom is -0.380 e. The standard InChI is InChI=1S/C22H27N7O2/c1-22(13-31-14-22)12-29-7-5-15(6-8-29)21(30)23-20-10-17-9-16(3-4-18(17)24-26-20)19-11-28(2)27-25-19/h3-4,9-11,15H,5-8,12-14H2,1-2H3,(H,23,26,30). The predicted molar refractivity (Wildman–Crippen MR) is 116 cm³/mol. The van der Waals surface area contributed by atoms with E-state index < -0.39 is 0 Å². The van der Waals surface area contributed by atoms with Gasteiger partial charge in [-0.05, 0) is 44.1 Å². The van der Waals surface area contributed by atoms with E-state index in [-0.39, 0.29) is 17.2 Å². The monoisotopic (exact) mass is 421 g/mol. The molecule has 5 rings (SSSR count). The van der Waals surface area contributed by atoms with E-state index in [0.29, 0.717) is 5.82 Å². The molecule has 2 aliphatic heterocycles. The summed E-state index contributed by atoms with van der Waals surface area (Å²) >= 11 is 0. The fourth-order valence-corrected chi connectivity index (χ4v) is 4.41. The molecule has 162 valence electrons. The Balaban J connectivity index is 1.23. The number of benzene rings is 1. The van der Waals surface area contributed by atoms with Crippen LogP contribution in [0.25, 0.3) is 22.2 Å². The smallest absolute Gasteiger partial charge is 0.228 e. The second kappa shape index (κ2) is 7.97. The van der Waals surface area contributed by atoms with Crippen LogP contribution in [0.5, 0.6) is 0 Å². The molecule has 0 radical (unpaired) electrons. The van der Waals surface area contributed by atoms with Crippen molar-refractivity contribution in [2.75, 3.05) is 38.2 Å². The lowest BCUT2D eigenvalue weighted by Gasteiger charge is -2.43. The van der Waals surface area contributed by atoms with E-state index in [2.05, 4.69) is 37.6 Å². The lowest BCUT2D eigenvalue weighted by Crippen LogP contribution is -2.51. The molecule has 1 amide bonds. The summed E-state index contributed by atoms with van der Waals surface area (Å²) in [7, 11) is 1.84. The van der Waals surface area contributed by atoms with Gasteiger partial charge in [-0.25, -0.2) is 0 Å². The van der Waals surface area contributed by atoms with Crippen LogP contribution >= 0.6 is 0 Å². The highest BCUT2D eigenvalue weighted by Gasteiger charge is 2.36. The van der Waals surface area contributed by atoms with E-state index in [9.17, 15) is 4.79 Å². The van der Waals surface area contributed by atoms with Crippen LogP contribution in [0, 0.1) is 11.3 Å². The molecule has 0 atom stereocenters. The van der Waals surface area contributed by atoms with Crippen LogP contribution in [0.4, 0.5) is 5.82 Å². The van der Waals surface area contributed by atoms with Crippen LogP contribution in [0.15, 0.2) is 30.5 Å². The number of carbonyl (C=O) groups is 1. The van der Waals surface area contributed by atoms with Crippen molar-refractivity contribution in [3.63, 3.8) is 0 Å². The third kappa shape index (κ3) is 4.28. The van der Waals surface area contributed by atoms with Gasteiger partial charge in [0.25, 0.3) is 0 Å². The summed E-state index contributed by atoms with van der Waals surface area (Å²) in [4.78, 5) is 15.3. The van der Waals surface area contributed by atoms with Crippen LogP contribution in [0.2, 0.25) is 0 Å². The molecule has 9 nitrogen and oxygen atoms in total. The fraction of sp³-hybridized carbons (Fsp3) is 0.500.